The van der Waals surface area contributed by atoms with Gasteiger partial charge < -0.3 is 5.11 Å². The molecule has 0 saturated carbocycles. The van der Waals surface area contributed by atoms with Crippen LogP contribution in [-0.2, 0) is 0 Å². The summed E-state index contributed by atoms with van der Waals surface area (Å²) in [6.45, 7) is 3.91. The third kappa shape index (κ3) is 2.89. The van der Waals surface area contributed by atoms with Crippen molar-refractivity contribution in [3.63, 3.8) is 0 Å². The summed E-state index contributed by atoms with van der Waals surface area (Å²) in [5.74, 6) is -0.749. The van der Waals surface area contributed by atoms with Crippen LogP contribution in [0.5, 0.6) is 0 Å². The van der Waals surface area contributed by atoms with Crippen LogP contribution in [0.25, 0.3) is 0 Å². The molecule has 2 amide bonds. The maximum absolute atomic E-state index is 12.1. The van der Waals surface area contributed by atoms with Gasteiger partial charge in [0.1, 0.15) is 6.10 Å². The zero-order chi connectivity index (χ0) is 16.1. The Morgan fingerprint density at radius 2 is 1.55 bits per heavy atom. The highest BCUT2D eigenvalue weighted by Crippen LogP contribution is 2.24. The largest absolute Gasteiger partial charge is 0.385 e. The second-order valence-corrected chi connectivity index (χ2v) is 4.54. The van der Waals surface area contributed by atoms with Crippen molar-refractivity contribution in [2.45, 2.75) is 20.0 Å². The molecule has 22 heavy (non-hydrogen) atoms. The van der Waals surface area contributed by atoms with Crippen molar-refractivity contribution in [2.75, 3.05) is 6.54 Å². The Balaban J connectivity index is 0.000000847. The van der Waals surface area contributed by atoms with Gasteiger partial charge in [0.05, 0.1) is 23.4 Å². The molecule has 1 N–H and O–H groups in total. The highest BCUT2D eigenvalue weighted by atomic mass is 16.3. The van der Waals surface area contributed by atoms with Crippen molar-refractivity contribution in [1.29, 1.82) is 0 Å². The molecule has 3 rings (SSSR count). The summed E-state index contributed by atoms with van der Waals surface area (Å²) in [6.07, 6.45) is 0.569. The van der Waals surface area contributed by atoms with Crippen LogP contribution in [0.15, 0.2) is 48.7 Å². The van der Waals surface area contributed by atoms with E-state index in [4.69, 9.17) is 0 Å². The number of β-amino-alcohol motifs (C(OH)–C–C–N with tert-alkyl or cyclic N) is 1. The summed E-state index contributed by atoms with van der Waals surface area (Å²) in [5, 5.41) is 10.1. The second-order valence-electron chi connectivity index (χ2n) is 4.54. The van der Waals surface area contributed by atoms with Gasteiger partial charge in [-0.25, -0.2) is 0 Å². The fourth-order valence-electron chi connectivity index (χ4n) is 2.24. The molecule has 1 aromatic heterocycles. The number of nitrogens with zero attached hydrogens (tertiary/aromatic N) is 2. The molecule has 0 fully saturated rings. The van der Waals surface area contributed by atoms with Crippen molar-refractivity contribution in [2.24, 2.45) is 0 Å². The summed E-state index contributed by atoms with van der Waals surface area (Å²) < 4.78 is 0. The number of aliphatic hydroxyl groups is 1. The van der Waals surface area contributed by atoms with Gasteiger partial charge >= 0.3 is 0 Å². The van der Waals surface area contributed by atoms with Gasteiger partial charge in [-0.3, -0.25) is 19.5 Å². The number of benzene rings is 1. The lowest BCUT2D eigenvalue weighted by molar-refractivity contribution is 0.0538. The summed E-state index contributed by atoms with van der Waals surface area (Å²) in [6, 6.07) is 11.8. The number of amides is 2. The molecule has 1 aliphatic heterocycles. The molecule has 0 saturated heterocycles. The lowest BCUT2D eigenvalue weighted by Crippen LogP contribution is -2.34. The molecule has 1 aliphatic rings. The summed E-state index contributed by atoms with van der Waals surface area (Å²) in [5.41, 5.74) is 1.19. The van der Waals surface area contributed by atoms with Crippen molar-refractivity contribution < 1.29 is 14.7 Å². The molecule has 1 atom stereocenters. The van der Waals surface area contributed by atoms with E-state index in [0.717, 1.165) is 4.90 Å². The number of fused-ring (bicyclic) bond motifs is 1. The number of carbonyl (C=O) groups excluding carboxylic acids is 2. The molecule has 114 valence electrons. The predicted octanol–water partition coefficient (Wildman–Crippen LogP) is 2.44. The average Bonchev–Trinajstić information content (AvgIpc) is 2.83. The van der Waals surface area contributed by atoms with E-state index in [1.165, 1.54) is 0 Å². The second kappa shape index (κ2) is 6.95. The lowest BCUT2D eigenvalue weighted by atomic mass is 10.1. The average molecular weight is 298 g/mol. The highest BCUT2D eigenvalue weighted by molar-refractivity contribution is 6.21. The Bertz CT molecular complexity index is 636. The minimum atomic E-state index is -0.988. The van der Waals surface area contributed by atoms with E-state index in [9.17, 15) is 14.7 Å². The van der Waals surface area contributed by atoms with Crippen molar-refractivity contribution >= 4 is 11.8 Å². The molecule has 1 unspecified atom stereocenters. The minimum absolute atomic E-state index is 0.0939. The SMILES string of the molecule is CC.O=C1c2ccccc2C(=O)N1CC(O)c1ccccn1. The third-order valence-corrected chi connectivity index (χ3v) is 3.26. The number of hydrogen-bond acceptors (Lipinski definition) is 4. The van der Waals surface area contributed by atoms with Gasteiger partial charge in [-0.05, 0) is 24.3 Å². The first-order valence-electron chi connectivity index (χ1n) is 7.22. The molecule has 0 spiro atoms. The highest BCUT2D eigenvalue weighted by Gasteiger charge is 2.36. The van der Waals surface area contributed by atoms with Gasteiger partial charge in [-0.15, -0.1) is 0 Å². The van der Waals surface area contributed by atoms with E-state index in [-0.39, 0.29) is 18.4 Å². The molecule has 5 heteroatoms. The Kier molecular flexibility index (Phi) is 5.01. The third-order valence-electron chi connectivity index (χ3n) is 3.26. The van der Waals surface area contributed by atoms with E-state index in [1.807, 2.05) is 13.8 Å². The van der Waals surface area contributed by atoms with E-state index in [1.54, 1.807) is 48.7 Å². The molecule has 1 aromatic carbocycles. The van der Waals surface area contributed by atoms with Crippen LogP contribution in [0.1, 0.15) is 46.4 Å². The Morgan fingerprint density at radius 3 is 2.05 bits per heavy atom. The van der Waals surface area contributed by atoms with Gasteiger partial charge in [0.25, 0.3) is 11.8 Å². The van der Waals surface area contributed by atoms with Gasteiger partial charge in [0.15, 0.2) is 0 Å². The zero-order valence-corrected chi connectivity index (χ0v) is 12.6. The molecule has 0 bridgehead atoms. The first-order chi connectivity index (χ1) is 10.7. The topological polar surface area (TPSA) is 70.5 Å². The fraction of sp³-hybridized carbons (Fsp3) is 0.235. The smallest absolute Gasteiger partial charge is 0.261 e. The van der Waals surface area contributed by atoms with Gasteiger partial charge in [0, 0.05) is 6.20 Å². The minimum Gasteiger partial charge on any atom is -0.385 e. The standard InChI is InChI=1S/C15H12N2O3.C2H6/c18-13(12-7-3-4-8-16-12)9-17-14(19)10-5-1-2-6-11(10)15(17)20;1-2/h1-8,13,18H,9H2;1-2H3. The Hall–Kier alpha value is -2.53. The monoisotopic (exact) mass is 298 g/mol. The van der Waals surface area contributed by atoms with Crippen molar-refractivity contribution in [3.05, 3.63) is 65.5 Å². The number of hydrogen-bond donors (Lipinski definition) is 1. The number of imide groups is 1. The van der Waals surface area contributed by atoms with Crippen LogP contribution < -0.4 is 0 Å². The molecule has 2 aromatic rings. The quantitative estimate of drug-likeness (QED) is 0.884. The van der Waals surface area contributed by atoms with Crippen LogP contribution >= 0.6 is 0 Å². The first kappa shape index (κ1) is 15.9. The Morgan fingerprint density at radius 1 is 1.00 bits per heavy atom. The van der Waals surface area contributed by atoms with E-state index < -0.39 is 6.10 Å². The molecule has 0 radical (unpaired) electrons. The maximum atomic E-state index is 12.1. The number of aliphatic hydroxyl groups excluding tert-OH is 1. The van der Waals surface area contributed by atoms with Crippen molar-refractivity contribution in [1.82, 2.24) is 9.88 Å². The van der Waals surface area contributed by atoms with Crippen LogP contribution in [0.2, 0.25) is 0 Å². The number of rotatable bonds is 3. The molecule has 5 nitrogen and oxygen atoms in total. The zero-order valence-electron chi connectivity index (χ0n) is 12.6. The normalized spacial score (nSPS) is 14.2. The lowest BCUT2D eigenvalue weighted by Gasteiger charge is -2.17. The summed E-state index contributed by atoms with van der Waals surface area (Å²) in [7, 11) is 0. The van der Waals surface area contributed by atoms with Crippen LogP contribution in [0.3, 0.4) is 0 Å². The van der Waals surface area contributed by atoms with Gasteiger partial charge in [0.2, 0.25) is 0 Å². The van der Waals surface area contributed by atoms with Crippen LogP contribution in [0, 0.1) is 0 Å². The molecule has 2 heterocycles. The van der Waals surface area contributed by atoms with Crippen LogP contribution in [-0.4, -0.2) is 33.3 Å². The number of aromatic nitrogens is 1. The Labute approximate surface area is 129 Å². The van der Waals surface area contributed by atoms with Crippen LogP contribution in [0.4, 0.5) is 0 Å². The van der Waals surface area contributed by atoms with E-state index in [2.05, 4.69) is 4.98 Å². The van der Waals surface area contributed by atoms with E-state index in [0.29, 0.717) is 16.8 Å². The van der Waals surface area contributed by atoms with Gasteiger partial charge in [-0.2, -0.15) is 0 Å². The number of pyridine rings is 1. The molecular formula is C17H18N2O3. The fourth-order valence-corrected chi connectivity index (χ4v) is 2.24. The maximum Gasteiger partial charge on any atom is 0.261 e. The van der Waals surface area contributed by atoms with Crippen molar-refractivity contribution in [3.8, 4) is 0 Å². The van der Waals surface area contributed by atoms with Gasteiger partial charge in [-0.1, -0.05) is 32.0 Å². The summed E-state index contributed by atoms with van der Waals surface area (Å²) in [4.78, 5) is 29.4. The van der Waals surface area contributed by atoms with E-state index >= 15 is 0 Å². The first-order valence-corrected chi connectivity index (χ1v) is 7.22. The summed E-state index contributed by atoms with van der Waals surface area (Å²) >= 11 is 0. The number of carbonyl (C=O) groups is 2. The predicted molar refractivity (Wildman–Crippen MR) is 82.4 cm³/mol. The molecule has 0 aliphatic carbocycles. The molecular weight excluding hydrogens is 280 g/mol.